The van der Waals surface area contributed by atoms with Gasteiger partial charge >= 0.3 is 0 Å². The van der Waals surface area contributed by atoms with Crippen molar-refractivity contribution in [2.24, 2.45) is 5.73 Å². The highest BCUT2D eigenvalue weighted by molar-refractivity contribution is 9.10. The zero-order chi connectivity index (χ0) is 14.1. The highest BCUT2D eigenvalue weighted by Gasteiger charge is 2.07. The highest BCUT2D eigenvalue weighted by Crippen LogP contribution is 2.33. The molecule has 0 bridgehead atoms. The van der Waals surface area contributed by atoms with Crippen LogP contribution in [0, 0.1) is 0 Å². The summed E-state index contributed by atoms with van der Waals surface area (Å²) in [4.78, 5) is 4.61. The number of hydrogen-bond donors (Lipinski definition) is 2. The maximum Gasteiger partial charge on any atom is 0.0780 e. The Kier molecular flexibility index (Phi) is 3.87. The number of rotatable bonds is 3. The number of benzene rings is 2. The summed E-state index contributed by atoms with van der Waals surface area (Å²) in [5.74, 6) is 0. The van der Waals surface area contributed by atoms with Gasteiger partial charge in [0.15, 0.2) is 0 Å². The van der Waals surface area contributed by atoms with Gasteiger partial charge in [-0.05, 0) is 36.8 Å². The predicted molar refractivity (Wildman–Crippen MR) is 89.2 cm³/mol. The lowest BCUT2D eigenvalue weighted by Crippen LogP contribution is -2.05. The zero-order valence-corrected chi connectivity index (χ0v) is 13.5. The van der Waals surface area contributed by atoms with Crippen LogP contribution in [0.3, 0.4) is 0 Å². The van der Waals surface area contributed by atoms with E-state index in [2.05, 4.69) is 63.4 Å². The van der Waals surface area contributed by atoms with Crippen molar-refractivity contribution < 1.29 is 0 Å². The summed E-state index contributed by atoms with van der Waals surface area (Å²) in [6.45, 7) is 1.99. The molecule has 1 aromatic heterocycles. The summed E-state index contributed by atoms with van der Waals surface area (Å²) in [5, 5.41) is 2.38. The summed E-state index contributed by atoms with van der Waals surface area (Å²) in [6, 6.07) is 16.8. The van der Waals surface area contributed by atoms with Crippen LogP contribution < -0.4 is 5.73 Å². The Morgan fingerprint density at radius 3 is 2.65 bits per heavy atom. The average molecular weight is 347 g/mol. The van der Waals surface area contributed by atoms with Crippen molar-refractivity contribution >= 4 is 38.6 Å². The Bertz CT molecular complexity index is 716. The first-order chi connectivity index (χ1) is 9.63. The third-order valence-electron chi connectivity index (χ3n) is 3.20. The Morgan fingerprint density at radius 2 is 1.95 bits per heavy atom. The largest absolute Gasteiger partial charge is 0.349 e. The topological polar surface area (TPSA) is 41.8 Å². The molecular weight excluding hydrogens is 332 g/mol. The Balaban J connectivity index is 1.89. The smallest absolute Gasteiger partial charge is 0.0780 e. The van der Waals surface area contributed by atoms with Crippen LogP contribution in [-0.4, -0.2) is 4.98 Å². The first kappa shape index (κ1) is 13.7. The van der Waals surface area contributed by atoms with Crippen molar-refractivity contribution in [2.45, 2.75) is 22.9 Å². The van der Waals surface area contributed by atoms with E-state index in [-0.39, 0.29) is 6.04 Å². The van der Waals surface area contributed by atoms with E-state index in [9.17, 15) is 0 Å². The Morgan fingerprint density at radius 1 is 1.15 bits per heavy atom. The molecule has 0 unspecified atom stereocenters. The molecule has 3 rings (SSSR count). The van der Waals surface area contributed by atoms with E-state index in [1.54, 1.807) is 11.8 Å². The predicted octanol–water partition coefficient (Wildman–Crippen LogP) is 5.10. The monoisotopic (exact) mass is 346 g/mol. The number of aromatic amines is 1. The van der Waals surface area contributed by atoms with Gasteiger partial charge in [-0.3, -0.25) is 0 Å². The molecule has 0 aliphatic carbocycles. The van der Waals surface area contributed by atoms with Gasteiger partial charge < -0.3 is 10.7 Å². The molecule has 4 heteroatoms. The average Bonchev–Trinajstić information content (AvgIpc) is 2.80. The molecule has 2 aromatic carbocycles. The van der Waals surface area contributed by atoms with Crippen molar-refractivity contribution in [1.82, 2.24) is 4.98 Å². The van der Waals surface area contributed by atoms with Crippen LogP contribution in [0.25, 0.3) is 10.9 Å². The molecule has 0 amide bonds. The molecule has 1 atom stereocenters. The molecule has 0 saturated carbocycles. The van der Waals surface area contributed by atoms with Gasteiger partial charge in [-0.25, -0.2) is 0 Å². The standard InChI is InChI=1S/C16H15BrN2S/c1-10(18)13-7-6-12(9-14(13)17)20-16-8-11-4-2-3-5-15(11)19-16/h2-10,19H,18H2,1H3/t10-/m0/s1. The van der Waals surface area contributed by atoms with Crippen molar-refractivity contribution in [3.05, 3.63) is 58.6 Å². The molecule has 0 aliphatic heterocycles. The third kappa shape index (κ3) is 2.77. The van der Waals surface area contributed by atoms with E-state index in [4.69, 9.17) is 5.73 Å². The molecule has 3 aromatic rings. The summed E-state index contributed by atoms with van der Waals surface area (Å²) in [7, 11) is 0. The Labute approximate surface area is 130 Å². The lowest BCUT2D eigenvalue weighted by molar-refractivity contribution is 0.811. The molecule has 102 valence electrons. The first-order valence-electron chi connectivity index (χ1n) is 6.44. The van der Waals surface area contributed by atoms with Crippen molar-refractivity contribution in [1.29, 1.82) is 0 Å². The van der Waals surface area contributed by atoms with E-state index < -0.39 is 0 Å². The van der Waals surface area contributed by atoms with Gasteiger partial charge in [-0.15, -0.1) is 0 Å². The third-order valence-corrected chi connectivity index (χ3v) is 4.81. The maximum absolute atomic E-state index is 5.93. The number of nitrogens with one attached hydrogen (secondary N) is 1. The molecular formula is C16H15BrN2S. The van der Waals surface area contributed by atoms with Gasteiger partial charge in [-0.2, -0.15) is 0 Å². The number of halogens is 1. The molecule has 0 saturated heterocycles. The van der Waals surface area contributed by atoms with Crippen LogP contribution in [0.4, 0.5) is 0 Å². The van der Waals surface area contributed by atoms with Crippen LogP contribution in [0.15, 0.2) is 62.9 Å². The number of fused-ring (bicyclic) bond motifs is 1. The number of H-pyrrole nitrogens is 1. The number of hydrogen-bond acceptors (Lipinski definition) is 2. The van der Waals surface area contributed by atoms with Gasteiger partial charge in [0.2, 0.25) is 0 Å². The van der Waals surface area contributed by atoms with Crippen molar-refractivity contribution in [3.63, 3.8) is 0 Å². The van der Waals surface area contributed by atoms with Gasteiger partial charge in [0.25, 0.3) is 0 Å². The van der Waals surface area contributed by atoms with Crippen molar-refractivity contribution in [3.8, 4) is 0 Å². The molecule has 0 fully saturated rings. The normalized spacial score (nSPS) is 12.8. The Hall–Kier alpha value is -1.23. The van der Waals surface area contributed by atoms with Crippen molar-refractivity contribution in [2.75, 3.05) is 0 Å². The second-order valence-electron chi connectivity index (χ2n) is 4.79. The molecule has 0 aliphatic rings. The molecule has 20 heavy (non-hydrogen) atoms. The van der Waals surface area contributed by atoms with Gasteiger partial charge in [-0.1, -0.05) is 52.0 Å². The fourth-order valence-corrected chi connectivity index (χ4v) is 3.97. The quantitative estimate of drug-likeness (QED) is 0.692. The number of nitrogens with two attached hydrogens (primary N) is 1. The lowest BCUT2D eigenvalue weighted by atomic mass is 10.1. The molecule has 1 heterocycles. The minimum Gasteiger partial charge on any atom is -0.349 e. The fraction of sp³-hybridized carbons (Fsp3) is 0.125. The van der Waals surface area contributed by atoms with Crippen LogP contribution in [0.1, 0.15) is 18.5 Å². The van der Waals surface area contributed by atoms with Crippen LogP contribution in [0.2, 0.25) is 0 Å². The fourth-order valence-electron chi connectivity index (χ4n) is 2.17. The molecule has 0 radical (unpaired) electrons. The van der Waals surface area contributed by atoms with E-state index in [1.807, 2.05) is 13.0 Å². The second-order valence-corrected chi connectivity index (χ2v) is 6.76. The van der Waals surface area contributed by atoms with Gasteiger partial charge in [0.05, 0.1) is 5.03 Å². The summed E-state index contributed by atoms with van der Waals surface area (Å²) < 4.78 is 1.06. The minimum absolute atomic E-state index is 0.0384. The first-order valence-corrected chi connectivity index (χ1v) is 8.05. The molecule has 2 nitrogen and oxygen atoms in total. The summed E-state index contributed by atoms with van der Waals surface area (Å²) in [5.41, 5.74) is 8.22. The van der Waals surface area contributed by atoms with Gasteiger partial charge in [0.1, 0.15) is 0 Å². The van der Waals surface area contributed by atoms with E-state index in [1.165, 1.54) is 15.8 Å². The van der Waals surface area contributed by atoms with E-state index in [0.717, 1.165) is 15.1 Å². The van der Waals surface area contributed by atoms with Crippen LogP contribution in [-0.2, 0) is 0 Å². The SMILES string of the molecule is C[C@H](N)c1ccc(Sc2cc3ccccc3[nH]2)cc1Br. The number of aromatic nitrogens is 1. The van der Waals surface area contributed by atoms with E-state index >= 15 is 0 Å². The van der Waals surface area contributed by atoms with Gasteiger partial charge in [0, 0.05) is 26.3 Å². The summed E-state index contributed by atoms with van der Waals surface area (Å²) >= 11 is 5.31. The lowest BCUT2D eigenvalue weighted by Gasteiger charge is -2.09. The zero-order valence-electron chi connectivity index (χ0n) is 11.1. The van der Waals surface area contributed by atoms with Crippen LogP contribution in [0.5, 0.6) is 0 Å². The highest BCUT2D eigenvalue weighted by atomic mass is 79.9. The van der Waals surface area contributed by atoms with E-state index in [0.29, 0.717) is 0 Å². The summed E-state index contributed by atoms with van der Waals surface area (Å²) in [6.07, 6.45) is 0. The minimum atomic E-state index is 0.0384. The second kappa shape index (κ2) is 5.64. The molecule has 3 N–H and O–H groups in total. The maximum atomic E-state index is 5.93. The molecule has 0 spiro atoms. The number of para-hydroxylation sites is 1. The van der Waals surface area contributed by atoms with Crippen LogP contribution >= 0.6 is 27.7 Å².